The number of sulfonamides is 2. The van der Waals surface area contributed by atoms with E-state index in [0.717, 1.165) is 6.26 Å². The van der Waals surface area contributed by atoms with Crippen LogP contribution in [0.3, 0.4) is 0 Å². The molecule has 2 atom stereocenters. The number of carbonyl (C=O) groups is 1. The molecule has 152 valence electrons. The Morgan fingerprint density at radius 2 is 1.63 bits per heavy atom. The molecule has 0 saturated carbocycles. The predicted octanol–water partition coefficient (Wildman–Crippen LogP) is 0.483. The van der Waals surface area contributed by atoms with Crippen LogP contribution in [-0.4, -0.2) is 70.4 Å². The number of nitrogens with one attached hydrogen (secondary N) is 1. The smallest absolute Gasteiger partial charge is 0.241 e. The molecule has 0 spiro atoms. The minimum atomic E-state index is -3.84. The molecule has 0 bridgehead atoms. The zero-order valence-corrected chi connectivity index (χ0v) is 17.5. The van der Waals surface area contributed by atoms with Crippen LogP contribution in [0.5, 0.6) is 0 Å². The third kappa shape index (κ3) is 5.50. The Hall–Kier alpha value is -1.49. The molecule has 1 aliphatic heterocycles. The van der Waals surface area contributed by atoms with Crippen molar-refractivity contribution in [2.24, 2.45) is 5.92 Å². The van der Waals surface area contributed by atoms with Gasteiger partial charge in [-0.3, -0.25) is 4.79 Å². The summed E-state index contributed by atoms with van der Waals surface area (Å²) in [6, 6.07) is 7.02. The highest BCUT2D eigenvalue weighted by atomic mass is 32.2. The van der Waals surface area contributed by atoms with Crippen molar-refractivity contribution in [3.8, 4) is 0 Å². The number of nitrogens with zero attached hydrogens (tertiary/aromatic N) is 2. The van der Waals surface area contributed by atoms with Crippen molar-refractivity contribution in [2.75, 3.05) is 32.4 Å². The molecule has 1 fully saturated rings. The normalized spacial score (nSPS) is 18.9. The molecule has 1 heterocycles. The molecule has 2 rings (SSSR count). The molecular weight excluding hydrogens is 390 g/mol. The average Bonchev–Trinajstić information content (AvgIpc) is 2.65. The summed E-state index contributed by atoms with van der Waals surface area (Å²) in [5.41, 5.74) is 0. The van der Waals surface area contributed by atoms with Crippen LogP contribution in [-0.2, 0) is 24.8 Å². The van der Waals surface area contributed by atoms with Crippen molar-refractivity contribution in [1.82, 2.24) is 13.9 Å². The molecule has 0 radical (unpaired) electrons. The maximum atomic E-state index is 13.0. The molecule has 1 aromatic carbocycles. The third-order valence-electron chi connectivity index (χ3n) is 4.83. The highest BCUT2D eigenvalue weighted by Gasteiger charge is 2.35. The summed E-state index contributed by atoms with van der Waals surface area (Å²) in [4.78, 5) is 14.6. The van der Waals surface area contributed by atoms with Gasteiger partial charge >= 0.3 is 0 Å². The van der Waals surface area contributed by atoms with E-state index in [1.807, 2.05) is 13.8 Å². The maximum Gasteiger partial charge on any atom is 0.241 e. The Morgan fingerprint density at radius 3 is 2.11 bits per heavy atom. The summed E-state index contributed by atoms with van der Waals surface area (Å²) in [5, 5.41) is 0. The highest BCUT2D eigenvalue weighted by molar-refractivity contribution is 7.89. The first-order valence-electron chi connectivity index (χ1n) is 8.87. The molecule has 8 nitrogen and oxygen atoms in total. The van der Waals surface area contributed by atoms with Gasteiger partial charge in [-0.2, -0.15) is 9.03 Å². The van der Waals surface area contributed by atoms with Gasteiger partial charge in [-0.05, 0) is 18.1 Å². The van der Waals surface area contributed by atoms with Crippen molar-refractivity contribution in [3.05, 3.63) is 30.3 Å². The van der Waals surface area contributed by atoms with E-state index in [1.54, 1.807) is 18.2 Å². The van der Waals surface area contributed by atoms with Crippen LogP contribution < -0.4 is 4.72 Å². The molecule has 1 aliphatic rings. The van der Waals surface area contributed by atoms with Crippen molar-refractivity contribution < 1.29 is 21.6 Å². The maximum absolute atomic E-state index is 13.0. The predicted molar refractivity (Wildman–Crippen MR) is 103 cm³/mol. The first kappa shape index (κ1) is 21.8. The zero-order chi connectivity index (χ0) is 20.2. The van der Waals surface area contributed by atoms with Crippen LogP contribution >= 0.6 is 0 Å². The molecule has 0 unspecified atom stereocenters. The van der Waals surface area contributed by atoms with Crippen LogP contribution in [0.4, 0.5) is 0 Å². The van der Waals surface area contributed by atoms with Crippen molar-refractivity contribution in [1.29, 1.82) is 0 Å². The van der Waals surface area contributed by atoms with E-state index >= 15 is 0 Å². The monoisotopic (exact) mass is 417 g/mol. The summed E-state index contributed by atoms with van der Waals surface area (Å²) >= 11 is 0. The fourth-order valence-electron chi connectivity index (χ4n) is 2.92. The Labute approximate surface area is 161 Å². The van der Waals surface area contributed by atoms with Gasteiger partial charge in [-0.15, -0.1) is 0 Å². The van der Waals surface area contributed by atoms with Crippen molar-refractivity contribution in [2.45, 2.75) is 31.2 Å². The first-order valence-corrected chi connectivity index (χ1v) is 12.2. The molecule has 0 aromatic heterocycles. The van der Waals surface area contributed by atoms with Gasteiger partial charge in [0.2, 0.25) is 26.0 Å². The second-order valence-corrected chi connectivity index (χ2v) is 10.5. The Morgan fingerprint density at radius 1 is 1.07 bits per heavy atom. The lowest BCUT2D eigenvalue weighted by atomic mass is 9.98. The number of hydrogen-bond donors (Lipinski definition) is 1. The topological polar surface area (TPSA) is 104 Å². The Bertz CT molecular complexity index is 848. The lowest BCUT2D eigenvalue weighted by Gasteiger charge is -2.36. The SMILES string of the molecule is CC[C@@H](C)[C@@H](NS(=O)(=O)c1ccccc1)C(=O)N1CCN(S(C)(=O)=O)CC1. The largest absolute Gasteiger partial charge is 0.339 e. The molecule has 1 aromatic rings. The minimum absolute atomic E-state index is 0.105. The number of amides is 1. The van der Waals surface area contributed by atoms with Gasteiger partial charge in [0.05, 0.1) is 11.2 Å². The minimum Gasteiger partial charge on any atom is -0.339 e. The zero-order valence-electron chi connectivity index (χ0n) is 15.8. The van der Waals surface area contributed by atoms with Crippen LogP contribution in [0.2, 0.25) is 0 Å². The number of piperazine rings is 1. The van der Waals surface area contributed by atoms with E-state index in [0.29, 0.717) is 6.42 Å². The average molecular weight is 418 g/mol. The molecule has 0 aliphatic carbocycles. The van der Waals surface area contributed by atoms with Crippen LogP contribution in [0.1, 0.15) is 20.3 Å². The van der Waals surface area contributed by atoms with Gasteiger partial charge in [0.15, 0.2) is 0 Å². The number of hydrogen-bond acceptors (Lipinski definition) is 5. The molecular formula is C17H27N3O5S2. The van der Waals surface area contributed by atoms with Gasteiger partial charge in [0.25, 0.3) is 0 Å². The van der Waals surface area contributed by atoms with Crippen molar-refractivity contribution >= 4 is 26.0 Å². The van der Waals surface area contributed by atoms with Crippen LogP contribution in [0.25, 0.3) is 0 Å². The number of carbonyl (C=O) groups excluding carboxylic acids is 1. The lowest BCUT2D eigenvalue weighted by molar-refractivity contribution is -0.135. The van der Waals surface area contributed by atoms with Gasteiger partial charge in [0.1, 0.15) is 6.04 Å². The molecule has 27 heavy (non-hydrogen) atoms. The first-order chi connectivity index (χ1) is 12.6. The standard InChI is InChI=1S/C17H27N3O5S2/c1-4-14(2)16(18-27(24,25)15-8-6-5-7-9-15)17(21)19-10-12-20(13-11-19)26(3,22)23/h5-9,14,16,18H,4,10-13H2,1-3H3/t14-,16-/m1/s1. The fourth-order valence-corrected chi connectivity index (χ4v) is 5.06. The lowest BCUT2D eigenvalue weighted by Crippen LogP contribution is -2.57. The molecule has 1 amide bonds. The summed E-state index contributed by atoms with van der Waals surface area (Å²) < 4.78 is 52.5. The summed E-state index contributed by atoms with van der Waals surface area (Å²) in [6.45, 7) is 4.62. The second-order valence-electron chi connectivity index (χ2n) is 6.78. The third-order valence-corrected chi connectivity index (χ3v) is 7.59. The van der Waals surface area contributed by atoms with Crippen molar-refractivity contribution in [3.63, 3.8) is 0 Å². The van der Waals surface area contributed by atoms with E-state index < -0.39 is 26.1 Å². The summed E-state index contributed by atoms with van der Waals surface area (Å²) in [7, 11) is -7.13. The summed E-state index contributed by atoms with van der Waals surface area (Å²) in [5.74, 6) is -0.527. The molecule has 10 heteroatoms. The van der Waals surface area contributed by atoms with E-state index in [4.69, 9.17) is 0 Å². The molecule has 1 N–H and O–H groups in total. The second kappa shape index (κ2) is 8.68. The summed E-state index contributed by atoms with van der Waals surface area (Å²) in [6.07, 6.45) is 1.76. The van der Waals surface area contributed by atoms with E-state index in [9.17, 15) is 21.6 Å². The van der Waals surface area contributed by atoms with E-state index in [1.165, 1.54) is 21.3 Å². The van der Waals surface area contributed by atoms with E-state index in [2.05, 4.69) is 4.72 Å². The Kier molecular flexibility index (Phi) is 7.01. The quantitative estimate of drug-likeness (QED) is 0.695. The van der Waals surface area contributed by atoms with Crippen LogP contribution in [0.15, 0.2) is 35.2 Å². The van der Waals surface area contributed by atoms with Gasteiger partial charge in [0, 0.05) is 26.2 Å². The fraction of sp³-hybridized carbons (Fsp3) is 0.588. The van der Waals surface area contributed by atoms with E-state index in [-0.39, 0.29) is 42.9 Å². The number of rotatable bonds is 7. The van der Waals surface area contributed by atoms with Crippen LogP contribution in [0, 0.1) is 5.92 Å². The Balaban J connectivity index is 2.16. The van der Waals surface area contributed by atoms with Gasteiger partial charge in [-0.25, -0.2) is 16.8 Å². The number of benzene rings is 1. The molecule has 1 saturated heterocycles. The van der Waals surface area contributed by atoms with Gasteiger partial charge < -0.3 is 4.90 Å². The highest BCUT2D eigenvalue weighted by Crippen LogP contribution is 2.17. The van der Waals surface area contributed by atoms with Gasteiger partial charge in [-0.1, -0.05) is 38.5 Å².